The summed E-state index contributed by atoms with van der Waals surface area (Å²) < 4.78 is 76.6. The molecule has 1 aromatic heterocycles. The molecule has 0 atom stereocenters. The van der Waals surface area contributed by atoms with Crippen molar-refractivity contribution in [2.45, 2.75) is 19.3 Å². The van der Waals surface area contributed by atoms with Crippen LogP contribution in [0.3, 0.4) is 0 Å². The number of nitrogens with zero attached hydrogens (tertiary/aromatic N) is 1. The number of aryl methyl sites for hydroxylation is 1. The number of halogens is 6. The molecule has 0 aliphatic carbocycles. The zero-order valence-corrected chi connectivity index (χ0v) is 12.1. The number of anilines is 1. The molecule has 3 nitrogen and oxygen atoms in total. The van der Waals surface area contributed by atoms with Gasteiger partial charge in [0, 0.05) is 11.8 Å². The van der Waals surface area contributed by atoms with Crippen molar-refractivity contribution in [2.24, 2.45) is 0 Å². The monoisotopic (exact) mass is 348 g/mol. The number of hydrogen-bond donors (Lipinski definition) is 1. The molecule has 24 heavy (non-hydrogen) atoms. The van der Waals surface area contributed by atoms with Crippen LogP contribution in [0, 0.1) is 6.92 Å². The van der Waals surface area contributed by atoms with E-state index in [-0.39, 0.29) is 11.9 Å². The number of hydrogen-bond acceptors (Lipinski definition) is 2. The number of carbonyl (C=O) groups is 1. The predicted molar refractivity (Wildman–Crippen MR) is 73.4 cm³/mol. The Kier molecular flexibility index (Phi) is 4.54. The van der Waals surface area contributed by atoms with Crippen LogP contribution in [-0.2, 0) is 12.4 Å². The third kappa shape index (κ3) is 4.24. The highest BCUT2D eigenvalue weighted by atomic mass is 19.4. The molecule has 128 valence electrons. The van der Waals surface area contributed by atoms with Crippen molar-refractivity contribution in [3.8, 4) is 0 Å². The Hall–Kier alpha value is -2.58. The molecule has 0 saturated heterocycles. The van der Waals surface area contributed by atoms with Gasteiger partial charge in [-0.3, -0.25) is 4.79 Å². The number of pyridine rings is 1. The van der Waals surface area contributed by atoms with E-state index in [0.717, 1.165) is 0 Å². The van der Waals surface area contributed by atoms with Crippen LogP contribution in [0.1, 0.15) is 27.0 Å². The van der Waals surface area contributed by atoms with Crippen molar-refractivity contribution in [3.63, 3.8) is 0 Å². The Balaban J connectivity index is 2.43. The summed E-state index contributed by atoms with van der Waals surface area (Å²) in [5, 5.41) is 2.17. The maximum Gasteiger partial charge on any atom is 0.416 e. The second-order valence-electron chi connectivity index (χ2n) is 4.97. The molecule has 0 unspecified atom stereocenters. The molecule has 1 heterocycles. The molecule has 0 aliphatic heterocycles. The molecule has 0 radical (unpaired) electrons. The van der Waals surface area contributed by atoms with E-state index in [1.54, 1.807) is 13.0 Å². The highest BCUT2D eigenvalue weighted by Crippen LogP contribution is 2.36. The number of carbonyl (C=O) groups excluding carboxylic acids is 1. The van der Waals surface area contributed by atoms with E-state index in [9.17, 15) is 31.1 Å². The Labute approximate surface area is 132 Å². The summed E-state index contributed by atoms with van der Waals surface area (Å²) in [6, 6.07) is 3.72. The summed E-state index contributed by atoms with van der Waals surface area (Å²) in [5.41, 5.74) is -3.17. The van der Waals surface area contributed by atoms with E-state index in [1.165, 1.54) is 12.3 Å². The van der Waals surface area contributed by atoms with E-state index in [4.69, 9.17) is 0 Å². The summed E-state index contributed by atoms with van der Waals surface area (Å²) in [5.74, 6) is -1.10. The van der Waals surface area contributed by atoms with Gasteiger partial charge in [0.2, 0.25) is 0 Å². The highest BCUT2D eigenvalue weighted by Gasteiger charge is 2.37. The van der Waals surface area contributed by atoms with Crippen LogP contribution in [0.25, 0.3) is 0 Å². The van der Waals surface area contributed by atoms with Gasteiger partial charge in [-0.15, -0.1) is 0 Å². The van der Waals surface area contributed by atoms with Crippen LogP contribution < -0.4 is 5.32 Å². The Morgan fingerprint density at radius 1 is 0.958 bits per heavy atom. The molecular weight excluding hydrogens is 338 g/mol. The summed E-state index contributed by atoms with van der Waals surface area (Å²) in [6.07, 6.45) is -8.69. The standard InChI is InChI=1S/C15H10F6N2O/c1-8-2-3-22-12(4-8)23-13(24)9-5-10(14(16,17)18)7-11(6-9)15(19,20)21/h2-7H,1H3,(H,22,23,24). The Bertz CT molecular complexity index is 735. The molecule has 0 bridgehead atoms. The van der Waals surface area contributed by atoms with Crippen molar-refractivity contribution in [1.82, 2.24) is 4.98 Å². The lowest BCUT2D eigenvalue weighted by Crippen LogP contribution is -2.17. The maximum atomic E-state index is 12.8. The zero-order chi connectivity index (χ0) is 18.1. The lowest BCUT2D eigenvalue weighted by molar-refractivity contribution is -0.143. The summed E-state index contributed by atoms with van der Waals surface area (Å²) in [7, 11) is 0. The maximum absolute atomic E-state index is 12.8. The Morgan fingerprint density at radius 3 is 1.96 bits per heavy atom. The fourth-order valence-electron chi connectivity index (χ4n) is 1.88. The SMILES string of the molecule is Cc1ccnc(NC(=O)c2cc(C(F)(F)F)cc(C(F)(F)F)c2)c1. The first kappa shape index (κ1) is 17.8. The first-order valence-corrected chi connectivity index (χ1v) is 6.50. The van der Waals surface area contributed by atoms with Crippen LogP contribution in [0.5, 0.6) is 0 Å². The van der Waals surface area contributed by atoms with Gasteiger partial charge in [0.25, 0.3) is 5.91 Å². The van der Waals surface area contributed by atoms with Gasteiger partial charge in [0.15, 0.2) is 0 Å². The van der Waals surface area contributed by atoms with Crippen LogP contribution in [0.2, 0.25) is 0 Å². The lowest BCUT2D eigenvalue weighted by atomic mass is 10.0. The van der Waals surface area contributed by atoms with Crippen LogP contribution in [0.15, 0.2) is 36.5 Å². The molecule has 0 fully saturated rings. The molecule has 1 N–H and O–H groups in total. The number of alkyl halides is 6. The topological polar surface area (TPSA) is 42.0 Å². The molecule has 1 amide bonds. The molecule has 2 rings (SSSR count). The van der Waals surface area contributed by atoms with E-state index < -0.39 is 35.0 Å². The van der Waals surface area contributed by atoms with Crippen molar-refractivity contribution < 1.29 is 31.1 Å². The molecule has 9 heteroatoms. The molecule has 0 spiro atoms. The van der Waals surface area contributed by atoms with Gasteiger partial charge in [-0.2, -0.15) is 26.3 Å². The van der Waals surface area contributed by atoms with Gasteiger partial charge in [-0.05, 0) is 42.8 Å². The lowest BCUT2D eigenvalue weighted by Gasteiger charge is -2.14. The van der Waals surface area contributed by atoms with Gasteiger partial charge in [-0.1, -0.05) is 0 Å². The molecule has 0 saturated carbocycles. The van der Waals surface area contributed by atoms with Crippen LogP contribution in [0.4, 0.5) is 32.2 Å². The smallest absolute Gasteiger partial charge is 0.307 e. The number of benzene rings is 1. The summed E-state index contributed by atoms with van der Waals surface area (Å²) in [4.78, 5) is 15.8. The quantitative estimate of drug-likeness (QED) is 0.801. The molecule has 1 aromatic carbocycles. The third-order valence-corrected chi connectivity index (χ3v) is 3.01. The summed E-state index contributed by atoms with van der Waals surface area (Å²) in [6.45, 7) is 1.68. The van der Waals surface area contributed by atoms with Crippen molar-refractivity contribution in [3.05, 3.63) is 58.8 Å². The van der Waals surface area contributed by atoms with Crippen LogP contribution in [-0.4, -0.2) is 10.9 Å². The largest absolute Gasteiger partial charge is 0.416 e. The van der Waals surface area contributed by atoms with Gasteiger partial charge in [-0.25, -0.2) is 4.98 Å². The predicted octanol–water partition coefficient (Wildman–Crippen LogP) is 4.68. The number of nitrogens with one attached hydrogen (secondary N) is 1. The van der Waals surface area contributed by atoms with Crippen molar-refractivity contribution in [1.29, 1.82) is 0 Å². The normalized spacial score (nSPS) is 12.1. The first-order valence-electron chi connectivity index (χ1n) is 6.50. The highest BCUT2D eigenvalue weighted by molar-refractivity contribution is 6.04. The Morgan fingerprint density at radius 2 is 1.50 bits per heavy atom. The molecular formula is C15H10F6N2O. The minimum Gasteiger partial charge on any atom is -0.307 e. The first-order chi connectivity index (χ1) is 11.0. The second kappa shape index (κ2) is 6.14. The summed E-state index contributed by atoms with van der Waals surface area (Å²) >= 11 is 0. The average molecular weight is 348 g/mol. The molecule has 0 aliphatic rings. The van der Waals surface area contributed by atoms with E-state index in [2.05, 4.69) is 10.3 Å². The van der Waals surface area contributed by atoms with Crippen molar-refractivity contribution >= 4 is 11.7 Å². The van der Waals surface area contributed by atoms with Gasteiger partial charge in [0.1, 0.15) is 5.82 Å². The van der Waals surface area contributed by atoms with Crippen molar-refractivity contribution in [2.75, 3.05) is 5.32 Å². The van der Waals surface area contributed by atoms with Crippen LogP contribution >= 0.6 is 0 Å². The number of amides is 1. The third-order valence-electron chi connectivity index (χ3n) is 3.01. The van der Waals surface area contributed by atoms with Gasteiger partial charge < -0.3 is 5.32 Å². The second-order valence-corrected chi connectivity index (χ2v) is 4.97. The number of aromatic nitrogens is 1. The number of rotatable bonds is 2. The van der Waals surface area contributed by atoms with E-state index in [1.807, 2.05) is 0 Å². The fraction of sp³-hybridized carbons (Fsp3) is 0.200. The van der Waals surface area contributed by atoms with E-state index >= 15 is 0 Å². The molecule has 2 aromatic rings. The van der Waals surface area contributed by atoms with Gasteiger partial charge in [0.05, 0.1) is 11.1 Å². The zero-order valence-electron chi connectivity index (χ0n) is 12.1. The van der Waals surface area contributed by atoms with E-state index in [0.29, 0.717) is 17.7 Å². The minimum atomic E-state index is -5.02. The average Bonchev–Trinajstić information content (AvgIpc) is 2.45. The van der Waals surface area contributed by atoms with Gasteiger partial charge >= 0.3 is 12.4 Å². The minimum absolute atomic E-state index is 0.0194. The fourth-order valence-corrected chi connectivity index (χ4v) is 1.88.